The van der Waals surface area contributed by atoms with Crippen molar-refractivity contribution >= 4 is 29.0 Å². The largest absolute Gasteiger partial charge is 0.330 e. The van der Waals surface area contributed by atoms with Crippen molar-refractivity contribution in [1.29, 1.82) is 0 Å². The number of nitrogens with one attached hydrogen (secondary N) is 1. The molecular weight excluding hydrogens is 442 g/mol. The van der Waals surface area contributed by atoms with Gasteiger partial charge in [-0.3, -0.25) is 4.79 Å². The Kier molecular flexibility index (Phi) is 7.37. The fourth-order valence-electron chi connectivity index (χ4n) is 4.65. The second kappa shape index (κ2) is 10.4. The molecule has 0 aliphatic carbocycles. The lowest BCUT2D eigenvalue weighted by Gasteiger charge is -2.38. The molecule has 4 rings (SSSR count). The Hall–Kier alpha value is -3.12. The molecule has 3 amide bonds. The molecule has 1 aromatic heterocycles. The van der Waals surface area contributed by atoms with Crippen molar-refractivity contribution in [3.05, 3.63) is 87.1 Å². The smallest absolute Gasteiger partial charge is 0.322 e. The number of nitrogens with zero attached hydrogens (tertiary/aromatic N) is 2. The Morgan fingerprint density at radius 1 is 1.09 bits per heavy atom. The molecule has 2 atom stereocenters. The molecule has 3 aromatic rings. The van der Waals surface area contributed by atoms with Gasteiger partial charge in [0, 0.05) is 23.2 Å². The van der Waals surface area contributed by atoms with Crippen molar-refractivity contribution in [2.75, 3.05) is 18.4 Å². The molecule has 178 valence electrons. The van der Waals surface area contributed by atoms with Gasteiger partial charge in [-0.1, -0.05) is 55.5 Å². The van der Waals surface area contributed by atoms with Crippen LogP contribution in [0, 0.1) is 13.8 Å². The van der Waals surface area contributed by atoms with Crippen LogP contribution in [0.5, 0.6) is 0 Å². The predicted octanol–water partition coefficient (Wildman–Crippen LogP) is 6.17. The molecule has 6 heteroatoms. The van der Waals surface area contributed by atoms with Gasteiger partial charge in [-0.2, -0.15) is 0 Å². The highest BCUT2D eigenvalue weighted by Crippen LogP contribution is 2.37. The lowest BCUT2D eigenvalue weighted by atomic mass is 9.93. The number of fused-ring (bicyclic) bond motifs is 1. The molecule has 1 aliphatic rings. The first-order chi connectivity index (χ1) is 16.4. The molecule has 0 saturated heterocycles. The average molecular weight is 476 g/mol. The van der Waals surface area contributed by atoms with Crippen molar-refractivity contribution in [2.45, 2.75) is 52.6 Å². The topological polar surface area (TPSA) is 52.7 Å². The summed E-state index contributed by atoms with van der Waals surface area (Å²) in [5.74, 6) is -0.0253. The summed E-state index contributed by atoms with van der Waals surface area (Å²) in [6.45, 7) is 8.71. The monoisotopic (exact) mass is 475 g/mol. The molecule has 5 nitrogen and oxygen atoms in total. The Labute approximate surface area is 206 Å². The van der Waals surface area contributed by atoms with Gasteiger partial charge in [-0.15, -0.1) is 11.3 Å². The molecule has 2 heterocycles. The highest BCUT2D eigenvalue weighted by Gasteiger charge is 2.34. The van der Waals surface area contributed by atoms with E-state index in [1.54, 1.807) is 16.2 Å². The summed E-state index contributed by atoms with van der Waals surface area (Å²) in [5, 5.41) is 5.18. The summed E-state index contributed by atoms with van der Waals surface area (Å²) in [6, 6.07) is 17.9. The minimum Gasteiger partial charge on any atom is -0.330 e. The summed E-state index contributed by atoms with van der Waals surface area (Å²) in [7, 11) is 0. The van der Waals surface area contributed by atoms with Crippen molar-refractivity contribution in [1.82, 2.24) is 9.80 Å². The number of rotatable bonds is 6. The van der Waals surface area contributed by atoms with Crippen LogP contribution in [0.4, 0.5) is 10.5 Å². The number of carbonyl (C=O) groups is 2. The third-order valence-electron chi connectivity index (χ3n) is 6.80. The van der Waals surface area contributed by atoms with Crippen LogP contribution in [0.3, 0.4) is 0 Å². The van der Waals surface area contributed by atoms with E-state index in [4.69, 9.17) is 0 Å². The van der Waals surface area contributed by atoms with Crippen LogP contribution in [-0.4, -0.2) is 40.9 Å². The number of hydrogen-bond donors (Lipinski definition) is 1. The number of thiophene rings is 1. The summed E-state index contributed by atoms with van der Waals surface area (Å²) in [5.41, 5.74) is 5.13. The van der Waals surface area contributed by atoms with Crippen LogP contribution < -0.4 is 5.32 Å². The molecule has 0 saturated carbocycles. The molecular formula is C28H33N3O2S. The number of aryl methyl sites for hydroxylation is 2. The first kappa shape index (κ1) is 24.0. The van der Waals surface area contributed by atoms with E-state index in [-0.39, 0.29) is 30.6 Å². The summed E-state index contributed by atoms with van der Waals surface area (Å²) in [6.07, 6.45) is 1.62. The quantitative estimate of drug-likeness (QED) is 0.463. The highest BCUT2D eigenvalue weighted by molar-refractivity contribution is 7.10. The molecule has 0 bridgehead atoms. The van der Waals surface area contributed by atoms with Crippen molar-refractivity contribution < 1.29 is 9.59 Å². The summed E-state index contributed by atoms with van der Waals surface area (Å²) >= 11 is 1.76. The number of anilines is 1. The van der Waals surface area contributed by atoms with E-state index in [0.717, 1.165) is 35.2 Å². The Morgan fingerprint density at radius 3 is 2.47 bits per heavy atom. The van der Waals surface area contributed by atoms with Gasteiger partial charge in [-0.25, -0.2) is 4.79 Å². The van der Waals surface area contributed by atoms with Crippen LogP contribution in [0.25, 0.3) is 0 Å². The maximum atomic E-state index is 13.7. The van der Waals surface area contributed by atoms with Gasteiger partial charge in [0.25, 0.3) is 0 Å². The van der Waals surface area contributed by atoms with E-state index in [9.17, 15) is 9.59 Å². The zero-order chi connectivity index (χ0) is 24.2. The minimum atomic E-state index is -0.232. The third kappa shape index (κ3) is 4.87. The van der Waals surface area contributed by atoms with Gasteiger partial charge in [0.05, 0.1) is 6.04 Å². The maximum absolute atomic E-state index is 13.7. The first-order valence-electron chi connectivity index (χ1n) is 11.9. The Balaban J connectivity index is 1.59. The number of para-hydroxylation sites is 1. The SMILES string of the molecule is CCC(C)N(CC(=O)N1CCc2sccc2C1c1ccccc1)C(=O)Nc1c(C)cccc1C. The first-order valence-corrected chi connectivity index (χ1v) is 12.8. The molecule has 0 fully saturated rings. The van der Waals surface area contributed by atoms with E-state index in [1.165, 1.54) is 10.4 Å². The van der Waals surface area contributed by atoms with Gasteiger partial charge >= 0.3 is 6.03 Å². The number of carbonyl (C=O) groups excluding carboxylic acids is 2. The lowest BCUT2D eigenvalue weighted by Crippen LogP contribution is -2.50. The van der Waals surface area contributed by atoms with E-state index in [0.29, 0.717) is 6.54 Å². The molecule has 2 aromatic carbocycles. The molecule has 0 spiro atoms. The van der Waals surface area contributed by atoms with Crippen molar-refractivity contribution in [2.24, 2.45) is 0 Å². The minimum absolute atomic E-state index is 0.0253. The van der Waals surface area contributed by atoms with Crippen LogP contribution in [0.2, 0.25) is 0 Å². The fraction of sp³-hybridized carbons (Fsp3) is 0.357. The fourth-order valence-corrected chi connectivity index (χ4v) is 5.56. The second-order valence-electron chi connectivity index (χ2n) is 9.03. The molecule has 1 aliphatic heterocycles. The highest BCUT2D eigenvalue weighted by atomic mass is 32.1. The van der Waals surface area contributed by atoms with Crippen LogP contribution in [0.15, 0.2) is 60.0 Å². The molecule has 2 unspecified atom stereocenters. The normalized spacial score (nSPS) is 16.0. The Bertz CT molecular complexity index is 1140. The van der Waals surface area contributed by atoms with Gasteiger partial charge in [0.15, 0.2) is 0 Å². The number of hydrogen-bond acceptors (Lipinski definition) is 3. The zero-order valence-corrected chi connectivity index (χ0v) is 21.2. The lowest BCUT2D eigenvalue weighted by molar-refractivity contribution is -0.134. The van der Waals surface area contributed by atoms with Gasteiger partial charge in [0.2, 0.25) is 5.91 Å². The number of amides is 3. The van der Waals surface area contributed by atoms with Gasteiger partial charge in [-0.05, 0) is 67.3 Å². The number of benzene rings is 2. The summed E-state index contributed by atoms with van der Waals surface area (Å²) in [4.78, 5) is 32.1. The van der Waals surface area contributed by atoms with Crippen LogP contribution in [0.1, 0.15) is 53.4 Å². The number of urea groups is 1. The van der Waals surface area contributed by atoms with E-state index < -0.39 is 0 Å². The summed E-state index contributed by atoms with van der Waals surface area (Å²) < 4.78 is 0. The average Bonchev–Trinajstić information content (AvgIpc) is 3.33. The molecule has 34 heavy (non-hydrogen) atoms. The maximum Gasteiger partial charge on any atom is 0.322 e. The van der Waals surface area contributed by atoms with E-state index in [1.807, 2.05) is 69.0 Å². The Morgan fingerprint density at radius 2 is 1.79 bits per heavy atom. The standard InChI is InChI=1S/C28H33N3O2S/c1-5-21(4)31(28(33)29-26-19(2)10-9-11-20(26)3)18-25(32)30-16-14-24-23(15-17-34-24)27(30)22-12-7-6-8-13-22/h6-13,15,17,21,27H,5,14,16,18H2,1-4H3,(H,29,33). The third-order valence-corrected chi connectivity index (χ3v) is 7.80. The second-order valence-corrected chi connectivity index (χ2v) is 10.0. The predicted molar refractivity (Wildman–Crippen MR) is 139 cm³/mol. The van der Waals surface area contributed by atoms with Crippen LogP contribution in [-0.2, 0) is 11.2 Å². The van der Waals surface area contributed by atoms with Gasteiger partial charge < -0.3 is 15.1 Å². The van der Waals surface area contributed by atoms with E-state index >= 15 is 0 Å². The van der Waals surface area contributed by atoms with Crippen LogP contribution >= 0.6 is 11.3 Å². The van der Waals surface area contributed by atoms with E-state index in [2.05, 4.69) is 28.9 Å². The molecule has 1 N–H and O–H groups in total. The van der Waals surface area contributed by atoms with Crippen molar-refractivity contribution in [3.63, 3.8) is 0 Å². The zero-order valence-electron chi connectivity index (χ0n) is 20.4. The molecule has 0 radical (unpaired) electrons. The van der Waals surface area contributed by atoms with Crippen molar-refractivity contribution in [3.8, 4) is 0 Å². The van der Waals surface area contributed by atoms with Gasteiger partial charge in [0.1, 0.15) is 6.54 Å².